The molecule has 3 rings (SSSR count). The third-order valence-corrected chi connectivity index (χ3v) is 6.20. The Morgan fingerprint density at radius 3 is 2.64 bits per heavy atom. The zero-order chi connectivity index (χ0) is 17.8. The van der Waals surface area contributed by atoms with Crippen molar-refractivity contribution in [3.05, 3.63) is 53.1 Å². The first-order chi connectivity index (χ1) is 12.0. The number of thiazole rings is 1. The molecule has 0 aliphatic heterocycles. The summed E-state index contributed by atoms with van der Waals surface area (Å²) in [6.45, 7) is 6.24. The van der Waals surface area contributed by atoms with Gasteiger partial charge < -0.3 is 5.32 Å². The summed E-state index contributed by atoms with van der Waals surface area (Å²) < 4.78 is 1.12. The molecule has 0 spiro atoms. The standard InChI is InChI=1S/C20H22N2OS2/c1-13-6-9-16(10-7-13)24-12-4-5-18(23)21-20-22-19-15(3)14(2)8-11-17(19)25-20/h6-11H,4-5,12H2,1-3H3,(H,21,22,23). The van der Waals surface area contributed by atoms with Gasteiger partial charge in [-0.3, -0.25) is 4.79 Å². The number of benzene rings is 2. The molecule has 25 heavy (non-hydrogen) atoms. The molecule has 3 aromatic rings. The molecule has 0 atom stereocenters. The van der Waals surface area contributed by atoms with Crippen LogP contribution in [0, 0.1) is 20.8 Å². The molecule has 0 saturated carbocycles. The molecular weight excluding hydrogens is 348 g/mol. The van der Waals surface area contributed by atoms with Gasteiger partial charge in [-0.2, -0.15) is 0 Å². The van der Waals surface area contributed by atoms with Gasteiger partial charge in [0.2, 0.25) is 5.91 Å². The van der Waals surface area contributed by atoms with Crippen molar-refractivity contribution in [3.8, 4) is 0 Å². The molecule has 2 aromatic carbocycles. The van der Waals surface area contributed by atoms with Crippen LogP contribution in [0.4, 0.5) is 5.13 Å². The van der Waals surface area contributed by atoms with E-state index in [1.807, 2.05) is 0 Å². The Bertz CT molecular complexity index is 885. The van der Waals surface area contributed by atoms with Gasteiger partial charge in [0, 0.05) is 11.3 Å². The largest absolute Gasteiger partial charge is 0.302 e. The molecule has 130 valence electrons. The first kappa shape index (κ1) is 18.0. The van der Waals surface area contributed by atoms with Crippen molar-refractivity contribution in [2.24, 2.45) is 0 Å². The Morgan fingerprint density at radius 2 is 1.88 bits per heavy atom. The highest BCUT2D eigenvalue weighted by atomic mass is 32.2. The molecule has 3 nitrogen and oxygen atoms in total. The molecule has 0 bridgehead atoms. The van der Waals surface area contributed by atoms with E-state index in [9.17, 15) is 4.79 Å². The lowest BCUT2D eigenvalue weighted by atomic mass is 10.1. The third kappa shape index (κ3) is 4.61. The summed E-state index contributed by atoms with van der Waals surface area (Å²) in [5.74, 6) is 0.979. The number of anilines is 1. The van der Waals surface area contributed by atoms with Crippen LogP contribution in [0.3, 0.4) is 0 Å². The summed E-state index contributed by atoms with van der Waals surface area (Å²) in [6, 6.07) is 12.7. The second-order valence-corrected chi connectivity index (χ2v) is 8.39. The van der Waals surface area contributed by atoms with Crippen LogP contribution in [0.5, 0.6) is 0 Å². The molecule has 0 aliphatic rings. The lowest BCUT2D eigenvalue weighted by Crippen LogP contribution is -2.11. The molecule has 1 aromatic heterocycles. The minimum atomic E-state index is 0.0398. The lowest BCUT2D eigenvalue weighted by molar-refractivity contribution is -0.116. The van der Waals surface area contributed by atoms with Crippen LogP contribution in [-0.2, 0) is 4.79 Å². The predicted octanol–water partition coefficient (Wildman–Crippen LogP) is 5.73. The number of thioether (sulfide) groups is 1. The maximum absolute atomic E-state index is 12.1. The second-order valence-electron chi connectivity index (χ2n) is 6.19. The summed E-state index contributed by atoms with van der Waals surface area (Å²) >= 11 is 3.33. The number of nitrogens with zero attached hydrogens (tertiary/aromatic N) is 1. The van der Waals surface area contributed by atoms with E-state index >= 15 is 0 Å². The van der Waals surface area contributed by atoms with Gasteiger partial charge in [-0.1, -0.05) is 35.1 Å². The Morgan fingerprint density at radius 1 is 1.12 bits per heavy atom. The zero-order valence-corrected chi connectivity index (χ0v) is 16.4. The Labute approximate surface area is 156 Å². The Hall–Kier alpha value is -1.85. The number of hydrogen-bond donors (Lipinski definition) is 1. The fourth-order valence-electron chi connectivity index (χ4n) is 2.52. The highest BCUT2D eigenvalue weighted by Gasteiger charge is 2.10. The van der Waals surface area contributed by atoms with E-state index in [-0.39, 0.29) is 5.91 Å². The molecule has 0 unspecified atom stereocenters. The normalized spacial score (nSPS) is 11.0. The van der Waals surface area contributed by atoms with Gasteiger partial charge in [-0.05, 0) is 62.3 Å². The Kier molecular flexibility index (Phi) is 5.76. The molecule has 0 fully saturated rings. The van der Waals surface area contributed by atoms with Gasteiger partial charge in [0.05, 0.1) is 10.2 Å². The molecule has 0 saturated heterocycles. The second kappa shape index (κ2) is 8.02. The van der Waals surface area contributed by atoms with E-state index in [4.69, 9.17) is 0 Å². The third-order valence-electron chi connectivity index (χ3n) is 4.17. The van der Waals surface area contributed by atoms with Crippen LogP contribution < -0.4 is 5.32 Å². The van der Waals surface area contributed by atoms with Crippen LogP contribution in [-0.4, -0.2) is 16.6 Å². The summed E-state index contributed by atoms with van der Waals surface area (Å²) in [4.78, 5) is 18.0. The SMILES string of the molecule is Cc1ccc(SCCCC(=O)Nc2nc3c(C)c(C)ccc3s2)cc1. The number of carbonyl (C=O) groups excluding carboxylic acids is 1. The minimum Gasteiger partial charge on any atom is -0.302 e. The number of fused-ring (bicyclic) bond motifs is 1. The van der Waals surface area contributed by atoms with Crippen LogP contribution in [0.1, 0.15) is 29.5 Å². The predicted molar refractivity (Wildman–Crippen MR) is 109 cm³/mol. The van der Waals surface area contributed by atoms with Crippen LogP contribution >= 0.6 is 23.1 Å². The molecule has 1 amide bonds. The van der Waals surface area contributed by atoms with Crippen LogP contribution in [0.25, 0.3) is 10.2 Å². The summed E-state index contributed by atoms with van der Waals surface area (Å²) in [7, 11) is 0. The summed E-state index contributed by atoms with van der Waals surface area (Å²) in [5.41, 5.74) is 4.67. The maximum atomic E-state index is 12.1. The quantitative estimate of drug-likeness (QED) is 0.445. The van der Waals surface area contributed by atoms with Crippen LogP contribution in [0.15, 0.2) is 41.3 Å². The molecule has 5 heteroatoms. The fourth-order valence-corrected chi connectivity index (χ4v) is 4.31. The minimum absolute atomic E-state index is 0.0398. The molecule has 0 aliphatic carbocycles. The molecular formula is C20H22N2OS2. The zero-order valence-electron chi connectivity index (χ0n) is 14.8. The summed E-state index contributed by atoms with van der Waals surface area (Å²) in [5, 5.41) is 3.64. The van der Waals surface area contributed by atoms with Crippen molar-refractivity contribution in [2.45, 2.75) is 38.5 Å². The van der Waals surface area contributed by atoms with Crippen molar-refractivity contribution in [3.63, 3.8) is 0 Å². The summed E-state index contributed by atoms with van der Waals surface area (Å²) in [6.07, 6.45) is 1.38. The first-order valence-electron chi connectivity index (χ1n) is 8.39. The van der Waals surface area contributed by atoms with Crippen molar-refractivity contribution < 1.29 is 4.79 Å². The van der Waals surface area contributed by atoms with E-state index in [0.29, 0.717) is 11.6 Å². The average molecular weight is 371 g/mol. The lowest BCUT2D eigenvalue weighted by Gasteiger charge is -2.03. The molecule has 1 N–H and O–H groups in total. The highest BCUT2D eigenvalue weighted by molar-refractivity contribution is 7.99. The van der Waals surface area contributed by atoms with Crippen LogP contribution in [0.2, 0.25) is 0 Å². The number of carbonyl (C=O) groups is 1. The van der Waals surface area contributed by atoms with Crippen molar-refractivity contribution in [1.29, 1.82) is 0 Å². The highest BCUT2D eigenvalue weighted by Crippen LogP contribution is 2.29. The number of hydrogen-bond acceptors (Lipinski definition) is 4. The van der Waals surface area contributed by atoms with Gasteiger partial charge in [0.15, 0.2) is 5.13 Å². The van der Waals surface area contributed by atoms with Gasteiger partial charge in [-0.15, -0.1) is 11.8 Å². The monoisotopic (exact) mass is 370 g/mol. The van der Waals surface area contributed by atoms with E-state index in [0.717, 1.165) is 22.4 Å². The fraction of sp³-hybridized carbons (Fsp3) is 0.300. The topological polar surface area (TPSA) is 42.0 Å². The maximum Gasteiger partial charge on any atom is 0.226 e. The number of aryl methyl sites for hydroxylation is 3. The average Bonchev–Trinajstić information content (AvgIpc) is 3.00. The van der Waals surface area contributed by atoms with Gasteiger partial charge in [-0.25, -0.2) is 4.98 Å². The van der Waals surface area contributed by atoms with E-state index < -0.39 is 0 Å². The number of aromatic nitrogens is 1. The molecule has 0 radical (unpaired) electrons. The van der Waals surface area contributed by atoms with E-state index in [2.05, 4.69) is 67.5 Å². The van der Waals surface area contributed by atoms with Crippen molar-refractivity contribution >= 4 is 44.4 Å². The van der Waals surface area contributed by atoms with Crippen molar-refractivity contribution in [1.82, 2.24) is 4.98 Å². The number of nitrogens with one attached hydrogen (secondary N) is 1. The van der Waals surface area contributed by atoms with Gasteiger partial charge in [0.25, 0.3) is 0 Å². The smallest absolute Gasteiger partial charge is 0.226 e. The van der Waals surface area contributed by atoms with E-state index in [1.54, 1.807) is 11.8 Å². The first-order valence-corrected chi connectivity index (χ1v) is 10.2. The number of amides is 1. The van der Waals surface area contributed by atoms with Gasteiger partial charge in [0.1, 0.15) is 0 Å². The van der Waals surface area contributed by atoms with Gasteiger partial charge >= 0.3 is 0 Å². The van der Waals surface area contributed by atoms with E-state index in [1.165, 1.54) is 32.9 Å². The number of rotatable bonds is 6. The Balaban J connectivity index is 1.49. The van der Waals surface area contributed by atoms with Crippen molar-refractivity contribution in [2.75, 3.05) is 11.1 Å². The molecule has 1 heterocycles.